The van der Waals surface area contributed by atoms with E-state index in [0.717, 1.165) is 24.8 Å². The number of hydrogen-bond donors (Lipinski definition) is 1. The highest BCUT2D eigenvalue weighted by molar-refractivity contribution is 7.91. The van der Waals surface area contributed by atoms with Crippen molar-refractivity contribution in [3.8, 4) is 0 Å². The Balaban J connectivity index is 2.06. The monoisotopic (exact) mass is 338 g/mol. The van der Waals surface area contributed by atoms with E-state index in [4.69, 9.17) is 5.73 Å². The van der Waals surface area contributed by atoms with E-state index in [2.05, 4.69) is 0 Å². The van der Waals surface area contributed by atoms with Gasteiger partial charge >= 0.3 is 0 Å². The SMILES string of the molecule is CN(C(=O)CC(N)c1ccccc1)C1CCCCC1S(C)(=O)=O. The fourth-order valence-corrected chi connectivity index (χ4v) is 4.84. The van der Waals surface area contributed by atoms with E-state index in [1.807, 2.05) is 30.3 Å². The zero-order valence-electron chi connectivity index (χ0n) is 13.8. The van der Waals surface area contributed by atoms with Crippen molar-refractivity contribution in [1.82, 2.24) is 4.90 Å². The largest absolute Gasteiger partial charge is 0.341 e. The normalized spacial score (nSPS) is 23.3. The first-order valence-electron chi connectivity index (χ1n) is 8.05. The minimum absolute atomic E-state index is 0.0955. The van der Waals surface area contributed by atoms with Crippen LogP contribution in [0.1, 0.15) is 43.7 Å². The quantitative estimate of drug-likeness (QED) is 0.889. The van der Waals surface area contributed by atoms with Gasteiger partial charge in [-0.15, -0.1) is 0 Å². The molecule has 6 heteroatoms. The number of nitrogens with zero attached hydrogens (tertiary/aromatic N) is 1. The summed E-state index contributed by atoms with van der Waals surface area (Å²) in [7, 11) is -1.46. The molecule has 1 aliphatic carbocycles. The average Bonchev–Trinajstić information content (AvgIpc) is 2.54. The molecule has 1 aromatic carbocycles. The number of hydrogen-bond acceptors (Lipinski definition) is 4. The van der Waals surface area contributed by atoms with Gasteiger partial charge in [0.25, 0.3) is 0 Å². The van der Waals surface area contributed by atoms with E-state index < -0.39 is 15.1 Å². The molecule has 128 valence electrons. The van der Waals surface area contributed by atoms with Crippen LogP contribution in [0, 0.1) is 0 Å². The number of benzene rings is 1. The summed E-state index contributed by atoms with van der Waals surface area (Å²) in [6, 6.07) is 8.88. The summed E-state index contributed by atoms with van der Waals surface area (Å²) >= 11 is 0. The van der Waals surface area contributed by atoms with Gasteiger partial charge in [0.05, 0.1) is 5.25 Å². The molecule has 3 atom stereocenters. The molecule has 1 aliphatic rings. The van der Waals surface area contributed by atoms with Gasteiger partial charge in [-0.2, -0.15) is 0 Å². The zero-order chi connectivity index (χ0) is 17.0. The molecule has 1 amide bonds. The van der Waals surface area contributed by atoms with Crippen molar-refractivity contribution >= 4 is 15.7 Å². The van der Waals surface area contributed by atoms with Gasteiger partial charge in [0.15, 0.2) is 9.84 Å². The molecule has 3 unspecified atom stereocenters. The molecule has 1 fully saturated rings. The van der Waals surface area contributed by atoms with Crippen LogP contribution >= 0.6 is 0 Å². The Morgan fingerprint density at radius 3 is 2.48 bits per heavy atom. The van der Waals surface area contributed by atoms with Crippen molar-refractivity contribution in [1.29, 1.82) is 0 Å². The minimum atomic E-state index is -3.16. The van der Waals surface area contributed by atoms with Crippen molar-refractivity contribution in [3.05, 3.63) is 35.9 Å². The van der Waals surface area contributed by atoms with Gasteiger partial charge in [0.2, 0.25) is 5.91 Å². The molecule has 0 bridgehead atoms. The summed E-state index contributed by atoms with van der Waals surface area (Å²) in [5.74, 6) is -0.0955. The molecule has 2 N–H and O–H groups in total. The molecule has 1 saturated carbocycles. The molecule has 2 rings (SSSR count). The Morgan fingerprint density at radius 1 is 1.26 bits per heavy atom. The predicted octanol–water partition coefficient (Wildman–Crippen LogP) is 1.89. The summed E-state index contributed by atoms with van der Waals surface area (Å²) in [5, 5.41) is -0.460. The Kier molecular flexibility index (Phi) is 5.81. The Labute approximate surface area is 138 Å². The molecule has 0 radical (unpaired) electrons. The number of carbonyl (C=O) groups excluding carboxylic acids is 1. The van der Waals surface area contributed by atoms with Crippen LogP contribution in [0.2, 0.25) is 0 Å². The van der Waals surface area contributed by atoms with E-state index in [-0.39, 0.29) is 24.4 Å². The topological polar surface area (TPSA) is 80.5 Å². The van der Waals surface area contributed by atoms with Crippen LogP contribution in [0.15, 0.2) is 30.3 Å². The maximum Gasteiger partial charge on any atom is 0.224 e. The van der Waals surface area contributed by atoms with Crippen LogP contribution in [0.25, 0.3) is 0 Å². The molecule has 0 spiro atoms. The van der Waals surface area contributed by atoms with Crippen LogP contribution in [0.4, 0.5) is 0 Å². The second-order valence-electron chi connectivity index (χ2n) is 6.45. The summed E-state index contributed by atoms with van der Waals surface area (Å²) in [6.45, 7) is 0. The second kappa shape index (κ2) is 7.45. The lowest BCUT2D eigenvalue weighted by Gasteiger charge is -2.37. The van der Waals surface area contributed by atoms with Gasteiger partial charge in [0, 0.05) is 31.8 Å². The molecule has 0 aliphatic heterocycles. The van der Waals surface area contributed by atoms with Crippen molar-refractivity contribution in [3.63, 3.8) is 0 Å². The molecular formula is C17H26N2O3S. The lowest BCUT2D eigenvalue weighted by molar-refractivity contribution is -0.132. The van der Waals surface area contributed by atoms with Gasteiger partial charge in [-0.3, -0.25) is 4.79 Å². The number of nitrogens with two attached hydrogens (primary N) is 1. The first-order valence-corrected chi connectivity index (χ1v) is 10.0. The fraction of sp³-hybridized carbons (Fsp3) is 0.588. The predicted molar refractivity (Wildman–Crippen MR) is 91.6 cm³/mol. The van der Waals surface area contributed by atoms with E-state index in [9.17, 15) is 13.2 Å². The molecule has 0 heterocycles. The van der Waals surface area contributed by atoms with Crippen molar-refractivity contribution in [2.45, 2.75) is 49.4 Å². The van der Waals surface area contributed by atoms with E-state index in [1.54, 1.807) is 11.9 Å². The van der Waals surface area contributed by atoms with Gasteiger partial charge in [-0.1, -0.05) is 43.2 Å². The van der Waals surface area contributed by atoms with Crippen LogP contribution in [0.5, 0.6) is 0 Å². The standard InChI is InChI=1S/C17H26N2O3S/c1-19(15-10-6-7-11-16(15)23(2,21)22)17(20)12-14(18)13-8-4-3-5-9-13/h3-5,8-9,14-16H,6-7,10-12,18H2,1-2H3. The van der Waals surface area contributed by atoms with Gasteiger partial charge < -0.3 is 10.6 Å². The molecule has 0 aromatic heterocycles. The van der Waals surface area contributed by atoms with Crippen molar-refractivity contribution < 1.29 is 13.2 Å². The average molecular weight is 338 g/mol. The summed E-state index contributed by atoms with van der Waals surface area (Å²) < 4.78 is 24.0. The molecule has 5 nitrogen and oxygen atoms in total. The van der Waals surface area contributed by atoms with E-state index in [0.29, 0.717) is 6.42 Å². The summed E-state index contributed by atoms with van der Waals surface area (Å²) in [6.07, 6.45) is 4.68. The van der Waals surface area contributed by atoms with Gasteiger partial charge in [-0.05, 0) is 18.4 Å². The van der Waals surface area contributed by atoms with Gasteiger partial charge in [0.1, 0.15) is 0 Å². The summed E-state index contributed by atoms with van der Waals surface area (Å²) in [5.41, 5.74) is 7.03. The number of carbonyl (C=O) groups is 1. The second-order valence-corrected chi connectivity index (χ2v) is 8.71. The maximum absolute atomic E-state index is 12.5. The Bertz CT molecular complexity index is 630. The Morgan fingerprint density at radius 2 is 1.87 bits per heavy atom. The highest BCUT2D eigenvalue weighted by Crippen LogP contribution is 2.28. The third-order valence-electron chi connectivity index (χ3n) is 4.73. The highest BCUT2D eigenvalue weighted by atomic mass is 32.2. The Hall–Kier alpha value is -1.40. The molecule has 23 heavy (non-hydrogen) atoms. The number of rotatable bonds is 5. The molecular weight excluding hydrogens is 312 g/mol. The fourth-order valence-electron chi connectivity index (χ4n) is 3.35. The lowest BCUT2D eigenvalue weighted by Crippen LogP contribution is -2.49. The maximum atomic E-state index is 12.5. The van der Waals surface area contributed by atoms with Gasteiger partial charge in [-0.25, -0.2) is 8.42 Å². The van der Waals surface area contributed by atoms with E-state index in [1.165, 1.54) is 6.26 Å². The van der Waals surface area contributed by atoms with Crippen LogP contribution in [-0.4, -0.2) is 43.8 Å². The summed E-state index contributed by atoms with van der Waals surface area (Å²) in [4.78, 5) is 14.2. The number of amides is 1. The molecule has 1 aromatic rings. The van der Waals surface area contributed by atoms with Crippen LogP contribution in [-0.2, 0) is 14.6 Å². The first kappa shape index (κ1) is 17.9. The third kappa shape index (κ3) is 4.54. The van der Waals surface area contributed by atoms with Crippen LogP contribution in [0.3, 0.4) is 0 Å². The van der Waals surface area contributed by atoms with E-state index >= 15 is 0 Å². The van der Waals surface area contributed by atoms with Crippen molar-refractivity contribution in [2.24, 2.45) is 5.73 Å². The minimum Gasteiger partial charge on any atom is -0.341 e. The van der Waals surface area contributed by atoms with Crippen molar-refractivity contribution in [2.75, 3.05) is 13.3 Å². The lowest BCUT2D eigenvalue weighted by atomic mass is 9.93. The smallest absolute Gasteiger partial charge is 0.224 e. The molecule has 0 saturated heterocycles. The zero-order valence-corrected chi connectivity index (χ0v) is 14.6. The highest BCUT2D eigenvalue weighted by Gasteiger charge is 2.37. The number of sulfone groups is 1. The first-order chi connectivity index (χ1) is 10.8. The third-order valence-corrected chi connectivity index (χ3v) is 6.38. The van der Waals surface area contributed by atoms with Crippen LogP contribution < -0.4 is 5.73 Å².